The fraction of sp³-hybridized carbons (Fsp3) is 0.400. The van der Waals surface area contributed by atoms with Crippen molar-refractivity contribution in [2.75, 3.05) is 20.1 Å². The highest BCUT2D eigenvalue weighted by Gasteiger charge is 2.54. The van der Waals surface area contributed by atoms with Gasteiger partial charge >= 0.3 is 0 Å². The molecule has 1 aromatic heterocycles. The van der Waals surface area contributed by atoms with Crippen LogP contribution in [0.1, 0.15) is 22.6 Å². The highest BCUT2D eigenvalue weighted by Crippen LogP contribution is 2.60. The molecule has 0 amide bonds. The van der Waals surface area contributed by atoms with Crippen molar-refractivity contribution in [2.45, 2.75) is 18.8 Å². The predicted octanol–water partition coefficient (Wildman–Crippen LogP) is 3.65. The highest BCUT2D eigenvalue weighted by atomic mass is 127. The Morgan fingerprint density at radius 1 is 1.23 bits per heavy atom. The quantitative estimate of drug-likeness (QED) is 0.296. The molecule has 0 aliphatic heterocycles. The molecule has 1 aromatic carbocycles. The third kappa shape index (κ3) is 4.14. The zero-order chi connectivity index (χ0) is 17.2. The number of nitrogens with one attached hydrogen (secondary N) is 2. The van der Waals surface area contributed by atoms with Crippen molar-refractivity contribution in [1.82, 2.24) is 15.6 Å². The second-order valence-electron chi connectivity index (χ2n) is 6.88. The number of nitrogens with zero attached hydrogens (tertiary/aromatic N) is 2. The Morgan fingerprint density at radius 2 is 2.08 bits per heavy atom. The third-order valence-corrected chi connectivity index (χ3v) is 5.65. The SMILES string of the molecule is CN=C(NCCc1ccc(Cl)nc1)NCC1C2Cc3ccccc3C12.I. The van der Waals surface area contributed by atoms with Crippen LogP contribution >= 0.6 is 35.6 Å². The first-order valence-corrected chi connectivity index (χ1v) is 9.27. The van der Waals surface area contributed by atoms with Gasteiger partial charge in [0.2, 0.25) is 0 Å². The lowest BCUT2D eigenvalue weighted by Gasteiger charge is -2.13. The molecule has 6 heteroatoms. The first-order chi connectivity index (χ1) is 12.3. The molecule has 3 atom stereocenters. The van der Waals surface area contributed by atoms with Gasteiger partial charge in [0.15, 0.2) is 5.96 Å². The molecule has 1 fully saturated rings. The molecule has 26 heavy (non-hydrogen) atoms. The van der Waals surface area contributed by atoms with Gasteiger partial charge < -0.3 is 10.6 Å². The van der Waals surface area contributed by atoms with Gasteiger partial charge in [-0.1, -0.05) is 41.9 Å². The summed E-state index contributed by atoms with van der Waals surface area (Å²) in [6.07, 6.45) is 3.96. The first-order valence-electron chi connectivity index (χ1n) is 8.89. The number of guanidine groups is 1. The topological polar surface area (TPSA) is 49.3 Å². The number of aliphatic imine (C=N–C) groups is 1. The van der Waals surface area contributed by atoms with Crippen LogP contribution in [-0.2, 0) is 12.8 Å². The minimum absolute atomic E-state index is 0. The second kappa shape index (κ2) is 8.57. The summed E-state index contributed by atoms with van der Waals surface area (Å²) >= 11 is 5.81. The average molecular weight is 483 g/mol. The normalized spacial score (nSPS) is 22.8. The van der Waals surface area contributed by atoms with Gasteiger partial charge in [0.25, 0.3) is 0 Å². The summed E-state index contributed by atoms with van der Waals surface area (Å²) in [4.78, 5) is 8.44. The summed E-state index contributed by atoms with van der Waals surface area (Å²) in [7, 11) is 1.82. The molecule has 1 saturated carbocycles. The largest absolute Gasteiger partial charge is 0.356 e. The van der Waals surface area contributed by atoms with Gasteiger partial charge in [0.05, 0.1) is 0 Å². The summed E-state index contributed by atoms with van der Waals surface area (Å²) < 4.78 is 0. The zero-order valence-electron chi connectivity index (χ0n) is 14.8. The molecule has 0 bridgehead atoms. The molecule has 2 aromatic rings. The van der Waals surface area contributed by atoms with E-state index in [-0.39, 0.29) is 24.0 Å². The van der Waals surface area contributed by atoms with Gasteiger partial charge in [-0.3, -0.25) is 4.99 Å². The maximum Gasteiger partial charge on any atom is 0.190 e. The van der Waals surface area contributed by atoms with Crippen LogP contribution in [0.2, 0.25) is 5.15 Å². The van der Waals surface area contributed by atoms with Gasteiger partial charge in [0, 0.05) is 26.3 Å². The van der Waals surface area contributed by atoms with Crippen LogP contribution in [0, 0.1) is 11.8 Å². The van der Waals surface area contributed by atoms with Gasteiger partial charge in [0.1, 0.15) is 5.15 Å². The number of hydrogen-bond donors (Lipinski definition) is 2. The number of hydrogen-bond acceptors (Lipinski definition) is 2. The van der Waals surface area contributed by atoms with Crippen LogP contribution in [0.15, 0.2) is 47.6 Å². The van der Waals surface area contributed by atoms with Crippen LogP contribution in [0.25, 0.3) is 0 Å². The molecule has 3 unspecified atom stereocenters. The van der Waals surface area contributed by atoms with Crippen LogP contribution in [-0.4, -0.2) is 31.1 Å². The van der Waals surface area contributed by atoms with Crippen LogP contribution < -0.4 is 10.6 Å². The van der Waals surface area contributed by atoms with Crippen molar-refractivity contribution in [1.29, 1.82) is 0 Å². The standard InChI is InChI=1S/C20H23ClN4.HI/c1-22-20(23-9-8-13-6-7-18(21)24-11-13)25-12-17-16-10-14-4-2-3-5-15(14)19(16)17;/h2-7,11,16-17,19H,8-10,12H2,1H3,(H2,22,23,25);1H. The van der Waals surface area contributed by atoms with Crippen molar-refractivity contribution in [3.8, 4) is 0 Å². The van der Waals surface area contributed by atoms with E-state index in [4.69, 9.17) is 11.6 Å². The van der Waals surface area contributed by atoms with E-state index in [1.165, 1.54) is 12.0 Å². The molecule has 138 valence electrons. The minimum atomic E-state index is 0. The number of fused-ring (bicyclic) bond motifs is 3. The van der Waals surface area contributed by atoms with E-state index in [1.807, 2.05) is 25.4 Å². The van der Waals surface area contributed by atoms with E-state index in [1.54, 1.807) is 11.1 Å². The van der Waals surface area contributed by atoms with E-state index < -0.39 is 0 Å². The second-order valence-corrected chi connectivity index (χ2v) is 7.26. The van der Waals surface area contributed by atoms with Gasteiger partial charge in [-0.25, -0.2) is 4.98 Å². The number of benzene rings is 1. The summed E-state index contributed by atoms with van der Waals surface area (Å²) in [6, 6.07) is 12.7. The highest BCUT2D eigenvalue weighted by molar-refractivity contribution is 14.0. The van der Waals surface area contributed by atoms with Crippen LogP contribution in [0.3, 0.4) is 0 Å². The van der Waals surface area contributed by atoms with E-state index in [2.05, 4.69) is 44.9 Å². The molecule has 2 aliphatic rings. The molecule has 0 saturated heterocycles. The van der Waals surface area contributed by atoms with E-state index in [0.29, 0.717) is 5.15 Å². The van der Waals surface area contributed by atoms with E-state index in [0.717, 1.165) is 43.2 Å². The molecule has 2 aliphatic carbocycles. The Kier molecular flexibility index (Phi) is 6.40. The average Bonchev–Trinajstić information content (AvgIpc) is 3.17. The Bertz CT molecular complexity index is 778. The summed E-state index contributed by atoms with van der Waals surface area (Å²) in [6.45, 7) is 1.81. The molecular weight excluding hydrogens is 459 g/mol. The molecule has 2 N–H and O–H groups in total. The van der Waals surface area contributed by atoms with E-state index >= 15 is 0 Å². The number of halogens is 2. The fourth-order valence-corrected chi connectivity index (χ4v) is 4.19. The molecule has 4 nitrogen and oxygen atoms in total. The van der Waals surface area contributed by atoms with Crippen molar-refractivity contribution in [2.24, 2.45) is 16.8 Å². The molecular formula is C20H24ClIN4. The molecule has 4 rings (SSSR count). The van der Waals surface area contributed by atoms with Crippen molar-refractivity contribution in [3.63, 3.8) is 0 Å². The summed E-state index contributed by atoms with van der Waals surface area (Å²) in [5.74, 6) is 3.19. The maximum absolute atomic E-state index is 5.81. The Labute approximate surface area is 176 Å². The summed E-state index contributed by atoms with van der Waals surface area (Å²) in [5, 5.41) is 7.40. The minimum Gasteiger partial charge on any atom is -0.356 e. The maximum atomic E-state index is 5.81. The number of rotatable bonds is 5. The lowest BCUT2D eigenvalue weighted by Crippen LogP contribution is -2.39. The zero-order valence-corrected chi connectivity index (χ0v) is 17.9. The van der Waals surface area contributed by atoms with Crippen molar-refractivity contribution in [3.05, 3.63) is 64.4 Å². The molecule has 0 radical (unpaired) electrons. The predicted molar refractivity (Wildman–Crippen MR) is 118 cm³/mol. The van der Waals surface area contributed by atoms with Gasteiger partial charge in [-0.05, 0) is 53.4 Å². The van der Waals surface area contributed by atoms with Crippen LogP contribution in [0.4, 0.5) is 0 Å². The lowest BCUT2D eigenvalue weighted by molar-refractivity contribution is 0.653. The van der Waals surface area contributed by atoms with Gasteiger partial charge in [-0.15, -0.1) is 24.0 Å². The number of aromatic nitrogens is 1. The third-order valence-electron chi connectivity index (χ3n) is 5.43. The Hall–Kier alpha value is -1.34. The monoisotopic (exact) mass is 482 g/mol. The summed E-state index contributed by atoms with van der Waals surface area (Å²) in [5.41, 5.74) is 4.28. The Morgan fingerprint density at radius 3 is 2.85 bits per heavy atom. The smallest absolute Gasteiger partial charge is 0.190 e. The number of pyridine rings is 1. The molecule has 1 heterocycles. The van der Waals surface area contributed by atoms with Crippen molar-refractivity contribution >= 4 is 41.5 Å². The molecule has 0 spiro atoms. The fourth-order valence-electron chi connectivity index (χ4n) is 4.08. The first kappa shape index (κ1) is 19.4. The van der Waals surface area contributed by atoms with Crippen LogP contribution in [0.5, 0.6) is 0 Å². The van der Waals surface area contributed by atoms with Gasteiger partial charge in [-0.2, -0.15) is 0 Å². The van der Waals surface area contributed by atoms with Crippen molar-refractivity contribution < 1.29 is 0 Å². The Balaban J connectivity index is 0.00000196. The van der Waals surface area contributed by atoms with E-state index in [9.17, 15) is 0 Å². The lowest BCUT2D eigenvalue weighted by atomic mass is 10.0.